The van der Waals surface area contributed by atoms with Gasteiger partial charge in [-0.1, -0.05) is 48.5 Å². The quantitative estimate of drug-likeness (QED) is 0.696. The fraction of sp³-hybridized carbons (Fsp3) is 0.0556. The van der Waals surface area contributed by atoms with E-state index >= 15 is 0 Å². The van der Waals surface area contributed by atoms with Gasteiger partial charge in [0.1, 0.15) is 5.75 Å². The molecule has 0 atom stereocenters. The molecule has 0 unspecified atom stereocenters. The maximum absolute atomic E-state index is 5.47. The van der Waals surface area contributed by atoms with Crippen LogP contribution in [-0.2, 0) is 0 Å². The third kappa shape index (κ3) is 2.28. The summed E-state index contributed by atoms with van der Waals surface area (Å²) in [7, 11) is 1.70. The lowest BCUT2D eigenvalue weighted by molar-refractivity contribution is 0.416. The molecule has 0 aliphatic rings. The summed E-state index contributed by atoms with van der Waals surface area (Å²) in [5, 5.41) is 0. The first-order valence-corrected chi connectivity index (χ1v) is 6.54. The van der Waals surface area contributed by atoms with Crippen LogP contribution in [0.5, 0.6) is 5.75 Å². The summed E-state index contributed by atoms with van der Waals surface area (Å²) in [6.07, 6.45) is 1.81. The van der Waals surface area contributed by atoms with Crippen LogP contribution in [0.4, 0.5) is 0 Å². The van der Waals surface area contributed by atoms with Crippen LogP contribution in [0.1, 0.15) is 0 Å². The highest BCUT2D eigenvalue weighted by atomic mass is 16.5. The Morgan fingerprint density at radius 2 is 1.35 bits per heavy atom. The number of pyridine rings is 1. The van der Waals surface area contributed by atoms with Crippen LogP contribution < -0.4 is 4.74 Å². The van der Waals surface area contributed by atoms with Gasteiger partial charge in [-0.3, -0.25) is 4.98 Å². The Kier molecular flexibility index (Phi) is 3.46. The van der Waals surface area contributed by atoms with E-state index in [1.807, 2.05) is 54.7 Å². The summed E-state index contributed by atoms with van der Waals surface area (Å²) in [5.74, 6) is 0.871. The summed E-state index contributed by atoms with van der Waals surface area (Å²) >= 11 is 0. The number of para-hydroxylation sites is 1. The van der Waals surface area contributed by atoms with Crippen LogP contribution in [0.15, 0.2) is 72.9 Å². The van der Waals surface area contributed by atoms with Gasteiger partial charge in [0.15, 0.2) is 0 Å². The highest BCUT2D eigenvalue weighted by Crippen LogP contribution is 2.36. The number of rotatable bonds is 3. The van der Waals surface area contributed by atoms with Crippen molar-refractivity contribution in [3.8, 4) is 28.1 Å². The third-order valence-corrected chi connectivity index (χ3v) is 3.27. The van der Waals surface area contributed by atoms with Crippen molar-refractivity contribution in [3.05, 3.63) is 72.9 Å². The molecule has 0 bridgehead atoms. The zero-order chi connectivity index (χ0) is 13.8. The molecule has 2 heteroatoms. The van der Waals surface area contributed by atoms with Gasteiger partial charge < -0.3 is 4.74 Å². The number of aromatic nitrogens is 1. The molecule has 2 nitrogen and oxygen atoms in total. The van der Waals surface area contributed by atoms with Crippen LogP contribution in [0.3, 0.4) is 0 Å². The smallest absolute Gasteiger partial charge is 0.126 e. The van der Waals surface area contributed by atoms with Gasteiger partial charge in [-0.2, -0.15) is 0 Å². The summed E-state index contributed by atoms with van der Waals surface area (Å²) in [6, 6.07) is 22.2. The lowest BCUT2D eigenvalue weighted by atomic mass is 9.96. The summed E-state index contributed by atoms with van der Waals surface area (Å²) < 4.78 is 5.47. The second kappa shape index (κ2) is 5.57. The summed E-state index contributed by atoms with van der Waals surface area (Å²) in [5.41, 5.74) is 4.28. The molecular formula is C18H15NO. The first kappa shape index (κ1) is 12.4. The topological polar surface area (TPSA) is 22.1 Å². The molecule has 0 aliphatic carbocycles. The van der Waals surface area contributed by atoms with Gasteiger partial charge in [0, 0.05) is 17.3 Å². The van der Waals surface area contributed by atoms with Gasteiger partial charge in [-0.15, -0.1) is 0 Å². The SMILES string of the molecule is COc1ccccc1-c1ccccc1-c1ccccn1. The third-order valence-electron chi connectivity index (χ3n) is 3.27. The zero-order valence-electron chi connectivity index (χ0n) is 11.3. The monoisotopic (exact) mass is 261 g/mol. The van der Waals surface area contributed by atoms with Crippen LogP contribution in [0.2, 0.25) is 0 Å². The zero-order valence-corrected chi connectivity index (χ0v) is 11.3. The van der Waals surface area contributed by atoms with Crippen LogP contribution in [0, 0.1) is 0 Å². The predicted octanol–water partition coefficient (Wildman–Crippen LogP) is 4.42. The van der Waals surface area contributed by atoms with Gasteiger partial charge in [0.25, 0.3) is 0 Å². The number of ether oxygens (including phenoxy) is 1. The Balaban J connectivity index is 2.20. The molecule has 0 saturated heterocycles. The molecule has 0 amide bonds. The minimum atomic E-state index is 0.871. The van der Waals surface area contributed by atoms with E-state index in [2.05, 4.69) is 23.2 Å². The second-order valence-corrected chi connectivity index (χ2v) is 4.46. The van der Waals surface area contributed by atoms with E-state index in [1.165, 1.54) is 0 Å². The van der Waals surface area contributed by atoms with E-state index in [9.17, 15) is 0 Å². The maximum Gasteiger partial charge on any atom is 0.126 e. The number of benzene rings is 2. The van der Waals surface area contributed by atoms with E-state index in [0.29, 0.717) is 0 Å². The van der Waals surface area contributed by atoms with E-state index in [-0.39, 0.29) is 0 Å². The van der Waals surface area contributed by atoms with Crippen LogP contribution >= 0.6 is 0 Å². The molecule has 0 fully saturated rings. The van der Waals surface area contributed by atoms with E-state index in [0.717, 1.165) is 28.1 Å². The minimum Gasteiger partial charge on any atom is -0.496 e. The van der Waals surface area contributed by atoms with E-state index in [1.54, 1.807) is 7.11 Å². The first-order valence-electron chi connectivity index (χ1n) is 6.54. The molecule has 20 heavy (non-hydrogen) atoms. The highest BCUT2D eigenvalue weighted by molar-refractivity contribution is 5.84. The molecule has 2 aromatic carbocycles. The lowest BCUT2D eigenvalue weighted by Crippen LogP contribution is -1.91. The van der Waals surface area contributed by atoms with Crippen molar-refractivity contribution in [3.63, 3.8) is 0 Å². The van der Waals surface area contributed by atoms with Gasteiger partial charge >= 0.3 is 0 Å². The summed E-state index contributed by atoms with van der Waals surface area (Å²) in [6.45, 7) is 0. The van der Waals surface area contributed by atoms with Crippen molar-refractivity contribution in [1.29, 1.82) is 0 Å². The molecular weight excluding hydrogens is 246 g/mol. The number of hydrogen-bond acceptors (Lipinski definition) is 2. The Morgan fingerprint density at radius 1 is 0.700 bits per heavy atom. The Bertz CT molecular complexity index is 707. The molecule has 3 rings (SSSR count). The standard InChI is InChI=1S/C18H15NO/c1-20-18-12-5-4-10-16(18)14-8-2-3-9-15(14)17-11-6-7-13-19-17/h2-13H,1H3. The van der Waals surface area contributed by atoms with Crippen LogP contribution in [0.25, 0.3) is 22.4 Å². The van der Waals surface area contributed by atoms with E-state index in [4.69, 9.17) is 4.74 Å². The van der Waals surface area contributed by atoms with Gasteiger partial charge in [-0.05, 0) is 23.8 Å². The van der Waals surface area contributed by atoms with Crippen molar-refractivity contribution in [2.75, 3.05) is 7.11 Å². The molecule has 1 aromatic heterocycles. The molecule has 3 aromatic rings. The summed E-state index contributed by atoms with van der Waals surface area (Å²) in [4.78, 5) is 4.45. The number of nitrogens with zero attached hydrogens (tertiary/aromatic N) is 1. The minimum absolute atomic E-state index is 0.871. The average Bonchev–Trinajstić information content (AvgIpc) is 2.55. The van der Waals surface area contributed by atoms with Crippen molar-refractivity contribution in [2.24, 2.45) is 0 Å². The lowest BCUT2D eigenvalue weighted by Gasteiger charge is -2.12. The molecule has 0 N–H and O–H groups in total. The van der Waals surface area contributed by atoms with Crippen LogP contribution in [-0.4, -0.2) is 12.1 Å². The van der Waals surface area contributed by atoms with Crippen molar-refractivity contribution >= 4 is 0 Å². The fourth-order valence-corrected chi connectivity index (χ4v) is 2.33. The Morgan fingerprint density at radius 3 is 2.05 bits per heavy atom. The van der Waals surface area contributed by atoms with Gasteiger partial charge in [0.05, 0.1) is 12.8 Å². The van der Waals surface area contributed by atoms with Crippen molar-refractivity contribution in [2.45, 2.75) is 0 Å². The highest BCUT2D eigenvalue weighted by Gasteiger charge is 2.11. The molecule has 0 aliphatic heterocycles. The largest absolute Gasteiger partial charge is 0.496 e. The maximum atomic E-state index is 5.47. The van der Waals surface area contributed by atoms with Crippen molar-refractivity contribution < 1.29 is 4.74 Å². The molecule has 0 saturated carbocycles. The predicted molar refractivity (Wildman–Crippen MR) is 81.7 cm³/mol. The molecule has 0 radical (unpaired) electrons. The Labute approximate surface area is 118 Å². The van der Waals surface area contributed by atoms with Gasteiger partial charge in [0.2, 0.25) is 0 Å². The first-order chi connectivity index (χ1) is 9.90. The number of methoxy groups -OCH3 is 1. The molecule has 0 spiro atoms. The average molecular weight is 261 g/mol. The second-order valence-electron chi connectivity index (χ2n) is 4.46. The molecule has 98 valence electrons. The molecule has 1 heterocycles. The van der Waals surface area contributed by atoms with Crippen molar-refractivity contribution in [1.82, 2.24) is 4.98 Å². The van der Waals surface area contributed by atoms with Gasteiger partial charge in [-0.25, -0.2) is 0 Å². The number of hydrogen-bond donors (Lipinski definition) is 0. The Hall–Kier alpha value is -2.61. The fourth-order valence-electron chi connectivity index (χ4n) is 2.33. The van der Waals surface area contributed by atoms with E-state index < -0.39 is 0 Å². The normalized spacial score (nSPS) is 10.2.